The van der Waals surface area contributed by atoms with Crippen molar-refractivity contribution in [2.75, 3.05) is 93.8 Å². The summed E-state index contributed by atoms with van der Waals surface area (Å²) < 4.78 is 215. The Balaban J connectivity index is 0.000000142. The number of fused-ring (bicyclic) bond motifs is 8. The van der Waals surface area contributed by atoms with Crippen LogP contribution in [0.4, 0.5) is 110 Å². The van der Waals surface area contributed by atoms with Crippen molar-refractivity contribution in [1.82, 2.24) is 5.48 Å². The summed E-state index contributed by atoms with van der Waals surface area (Å²) in [6.07, 6.45) is -14.0. The predicted molar refractivity (Wildman–Crippen MR) is 381 cm³/mol. The van der Waals surface area contributed by atoms with Gasteiger partial charge in [0.05, 0.1) is 70.7 Å². The number of carboxylic acid groups (broad SMARTS) is 2. The average molecular weight is 1670 g/mol. The number of nitrogens with zero attached hydrogens (tertiary/aromatic N) is 7. The van der Waals surface area contributed by atoms with Crippen molar-refractivity contribution in [1.29, 1.82) is 0 Å². The van der Waals surface area contributed by atoms with Crippen LogP contribution in [0.3, 0.4) is 0 Å². The quantitative estimate of drug-likeness (QED) is 0.0356. The number of hydrogen-bond donors (Lipinski definition) is 5. The van der Waals surface area contributed by atoms with Gasteiger partial charge in [0.15, 0.2) is 0 Å². The van der Waals surface area contributed by atoms with Crippen LogP contribution in [-0.2, 0) is 29.4 Å². The number of nitrogens with one attached hydrogen (secondary N) is 1. The number of benzene rings is 8. The van der Waals surface area contributed by atoms with Gasteiger partial charge in [-0.3, -0.25) is 10.0 Å². The van der Waals surface area contributed by atoms with Gasteiger partial charge < -0.3 is 67.0 Å². The Bertz CT molecular complexity index is 4650. The number of carbonyl (C=O) groups excluding carboxylic acids is 2. The summed E-state index contributed by atoms with van der Waals surface area (Å²) in [5.74, 6) is -7.16. The maximum atomic E-state index is 14.2. The molecule has 0 radical (unpaired) electrons. The van der Waals surface area contributed by atoms with E-state index in [9.17, 15) is 89.4 Å². The number of hydroxylamine groups is 1. The fraction of sp³-hybridized carbons (Fsp3) is 0.325. The molecule has 596 valence electrons. The number of quaternary nitrogens is 1. The molecule has 35 heteroatoms. The van der Waals surface area contributed by atoms with Crippen LogP contribution in [0, 0.1) is 23.3 Å². The second-order valence-corrected chi connectivity index (χ2v) is 28.6. The average Bonchev–Trinajstić information content (AvgIpc) is 1.62. The minimum Gasteiger partial charge on any atom is -1.00 e. The number of piperazine rings is 4. The van der Waals surface area contributed by atoms with Crippen LogP contribution < -0.4 is 57.5 Å². The van der Waals surface area contributed by atoms with Gasteiger partial charge in [-0.15, -0.1) is 0 Å². The van der Waals surface area contributed by atoms with Gasteiger partial charge in [-0.1, -0.05) is 40.2 Å². The third-order valence-electron chi connectivity index (χ3n) is 20.9. The van der Waals surface area contributed by atoms with Crippen molar-refractivity contribution in [3.8, 4) is 0 Å². The van der Waals surface area contributed by atoms with Crippen LogP contribution in [0.1, 0.15) is 89.4 Å². The number of esters is 1. The first kappa shape index (κ1) is 82.8. The molecule has 1 amide bonds. The van der Waals surface area contributed by atoms with E-state index >= 15 is 0 Å². The molecule has 0 spiro atoms. The van der Waals surface area contributed by atoms with Crippen molar-refractivity contribution >= 4 is 79.6 Å². The van der Waals surface area contributed by atoms with Crippen molar-refractivity contribution in [2.24, 2.45) is 0 Å². The monoisotopic (exact) mass is 1670 g/mol. The summed E-state index contributed by atoms with van der Waals surface area (Å²) in [5, 5.41) is 28.2. The smallest absolute Gasteiger partial charge is 0.416 e. The summed E-state index contributed by atoms with van der Waals surface area (Å²) in [6.45, 7) is 5.18. The number of carboxylic acids is 2. The van der Waals surface area contributed by atoms with E-state index in [2.05, 4.69) is 30.9 Å². The molecule has 112 heavy (non-hydrogen) atoms. The highest BCUT2D eigenvalue weighted by atomic mass is 79.9. The third kappa shape index (κ3) is 18.3. The van der Waals surface area contributed by atoms with E-state index in [1.165, 1.54) is 97.5 Å². The zero-order valence-electron chi connectivity index (χ0n) is 58.7. The number of carbonyl (C=O) groups is 4. The van der Waals surface area contributed by atoms with Crippen molar-refractivity contribution in [3.63, 3.8) is 0 Å². The van der Waals surface area contributed by atoms with Crippen molar-refractivity contribution < 1.29 is 127 Å². The zero-order valence-corrected chi connectivity index (χ0v) is 61.0. The number of aromatic carboxylic acids is 2. The summed E-state index contributed by atoms with van der Waals surface area (Å²) in [7, 11) is 1.19. The lowest BCUT2D eigenvalue weighted by atomic mass is 10.1. The van der Waals surface area contributed by atoms with E-state index in [1.807, 2.05) is 29.4 Å². The number of halogens is 18. The zero-order chi connectivity index (χ0) is 79.9. The van der Waals surface area contributed by atoms with E-state index in [4.69, 9.17) is 15.4 Å². The molecule has 16 rings (SSSR count). The number of methoxy groups -OCH3 is 1. The first-order chi connectivity index (χ1) is 52.4. The molecule has 8 heterocycles. The molecule has 8 atom stereocenters. The number of hydrogen-bond acceptors (Lipinski definition) is 13. The van der Waals surface area contributed by atoms with Gasteiger partial charge in [-0.2, -0.15) is 52.7 Å². The highest BCUT2D eigenvalue weighted by Gasteiger charge is 2.48. The van der Waals surface area contributed by atoms with Crippen LogP contribution in [0.2, 0.25) is 0 Å². The molecule has 8 aliphatic heterocycles. The van der Waals surface area contributed by atoms with Gasteiger partial charge in [0.1, 0.15) is 29.3 Å². The molecule has 0 saturated carbocycles. The Labute approximate surface area is 644 Å². The molecule has 8 saturated heterocycles. The molecule has 8 aromatic carbocycles. The van der Waals surface area contributed by atoms with Crippen LogP contribution in [-0.4, -0.2) is 147 Å². The van der Waals surface area contributed by atoms with Crippen LogP contribution in [0.5, 0.6) is 0 Å². The minimum atomic E-state index is -4.39. The Morgan fingerprint density at radius 3 is 0.929 bits per heavy atom. The lowest BCUT2D eigenvalue weighted by Gasteiger charge is -2.37. The number of rotatable bonds is 11. The maximum absolute atomic E-state index is 14.2. The Morgan fingerprint density at radius 2 is 0.679 bits per heavy atom. The topological polar surface area (TPSA) is 190 Å². The molecule has 8 aromatic rings. The van der Waals surface area contributed by atoms with E-state index in [1.54, 1.807) is 42.5 Å². The molecule has 8 aliphatic rings. The predicted octanol–water partition coefficient (Wildman–Crippen LogP) is 12.1. The summed E-state index contributed by atoms with van der Waals surface area (Å²) in [5.41, 5.74) is 1.92. The SMILES string of the molecule is COC(=O)c1ccc(N2C[C@@H]3C[C@H]2CN3c2cccc(C(F)(F)F)c2)cc1F.FC(F)(F)c1cccc(N2C[C@@H]3C[C@H]2C[NH2+]3)c1.O=C(NO)c1ccc(N2C[C@@H]3C[C@H]2CN3c2cccc(C(F)(F)F)c2)cc1F.O=C(O)c1ccc(Br)cc1F.O=C(O)c1ccc(N2C[C@@H]3C[C@H]2CN3c2cccc(C(F)(F)F)c2)cc1F.[Cl-]. The summed E-state index contributed by atoms with van der Waals surface area (Å²) in [4.78, 5) is 58.2. The molecule has 0 unspecified atom stereocenters. The fourth-order valence-corrected chi connectivity index (χ4v) is 16.1. The number of ether oxygens (including phenoxy) is 1. The molecule has 0 aliphatic carbocycles. The summed E-state index contributed by atoms with van der Waals surface area (Å²) >= 11 is 3.01. The van der Waals surface area contributed by atoms with Gasteiger partial charge in [-0.25, -0.2) is 37.4 Å². The Morgan fingerprint density at radius 1 is 0.393 bits per heavy atom. The van der Waals surface area contributed by atoms with E-state index in [0.717, 1.165) is 81.2 Å². The number of anilines is 7. The second-order valence-electron chi connectivity index (χ2n) is 27.7. The van der Waals surface area contributed by atoms with Gasteiger partial charge in [-0.05, 0) is 165 Å². The Hall–Kier alpha value is -10.2. The lowest BCUT2D eigenvalue weighted by Crippen LogP contribution is -3.00. The largest absolute Gasteiger partial charge is 1.00 e. The van der Waals surface area contributed by atoms with E-state index < -0.39 is 94.0 Å². The molecule has 6 N–H and O–H groups in total. The molecule has 0 aromatic heterocycles. The van der Waals surface area contributed by atoms with Crippen LogP contribution in [0.25, 0.3) is 0 Å². The van der Waals surface area contributed by atoms with Crippen molar-refractivity contribution in [3.05, 3.63) is 242 Å². The number of nitrogens with two attached hydrogens (primary N) is 1. The van der Waals surface area contributed by atoms with Crippen LogP contribution in [0.15, 0.2) is 174 Å². The van der Waals surface area contributed by atoms with Gasteiger partial charge in [0, 0.05) is 126 Å². The standard InChI is InChI=1S/C20H18F4N2O2.C19H17F4N3O2.C19H16F4N2O2.C12H13F3N2.C7H4BrFO2.ClH/c1-28-19(27)17-6-5-14(9-18(17)21)26-11-15-8-16(26)10-25(15)13-4-2-3-12(7-13)20(22,23)24;20-17-8-13(4-5-16(17)18(27)24-28)26-10-14-7-15(26)9-25(14)12-3-1-2-11(6-12)19(21,22)23;20-17-8-13(4-5-16(17)18(26)27)25-10-14-7-15(25)9-24(14)12-3-1-2-11(6-12)19(21,22)23;13-12(14,15)8-2-1-3-10(4-8)17-7-9-5-11(17)6-16-9;8-4-1-2-5(7(10)11)6(9)3-4;/h2-7,9,15-16H,8,10-11H2,1H3;1-6,8,14-15,28H,7,9-10H2,(H,24,27);1-6,8,14-15H,7,9-10H2,(H,26,27);1-4,9,11,16H,5-7H2;1-3H,(H,10,11);1H/t15-,16-;2*14-,15-;9-,11-;;/m0000../s1. The van der Waals surface area contributed by atoms with E-state index in [0.29, 0.717) is 95.6 Å². The van der Waals surface area contributed by atoms with Gasteiger partial charge in [0.25, 0.3) is 5.91 Å². The molecular formula is C77H69BrClF16N9O8. The number of amides is 1. The highest BCUT2D eigenvalue weighted by molar-refractivity contribution is 9.10. The first-order valence-corrected chi connectivity index (χ1v) is 35.5. The second kappa shape index (κ2) is 33.2. The van der Waals surface area contributed by atoms with Crippen molar-refractivity contribution in [2.45, 2.75) is 98.7 Å². The van der Waals surface area contributed by atoms with Crippen LogP contribution >= 0.6 is 15.9 Å². The Kier molecular flexibility index (Phi) is 24.6. The maximum Gasteiger partial charge on any atom is 0.416 e. The third-order valence-corrected chi connectivity index (χ3v) is 21.4. The number of alkyl halides is 12. The fourth-order valence-electron chi connectivity index (χ4n) is 15.8. The molecule has 17 nitrogen and oxygen atoms in total. The highest BCUT2D eigenvalue weighted by Crippen LogP contribution is 2.45. The van der Waals surface area contributed by atoms with Gasteiger partial charge >= 0.3 is 42.6 Å². The lowest BCUT2D eigenvalue weighted by molar-refractivity contribution is -0.672. The molecule has 8 bridgehead atoms. The minimum absolute atomic E-state index is 0. The summed E-state index contributed by atoms with van der Waals surface area (Å²) in [6, 6.07) is 39.1. The normalized spacial score (nSPS) is 21.1. The van der Waals surface area contributed by atoms with E-state index in [-0.39, 0.29) is 70.9 Å². The first-order valence-electron chi connectivity index (χ1n) is 34.7. The molecular weight excluding hydrogens is 1600 g/mol. The van der Waals surface area contributed by atoms with Gasteiger partial charge in [0.2, 0.25) is 0 Å². The molecule has 8 fully saturated rings.